The molecule has 0 saturated heterocycles. The molecule has 0 aliphatic rings. The molecule has 0 fully saturated rings. The van der Waals surface area contributed by atoms with Crippen LogP contribution in [-0.4, -0.2) is 27.9 Å². The number of ether oxygens (including phenoxy) is 1. The number of rotatable bonds is 5. The summed E-state index contributed by atoms with van der Waals surface area (Å²) < 4.78 is 11.2. The molecule has 4 aromatic rings. The van der Waals surface area contributed by atoms with Gasteiger partial charge in [-0.2, -0.15) is 5.10 Å². The first kappa shape index (κ1) is 15.9. The van der Waals surface area contributed by atoms with Crippen molar-refractivity contribution in [2.24, 2.45) is 5.10 Å². The number of para-hydroxylation sites is 1. The van der Waals surface area contributed by atoms with E-state index in [1.165, 1.54) is 6.33 Å². The Kier molecular flexibility index (Phi) is 4.10. The van der Waals surface area contributed by atoms with Gasteiger partial charge >= 0.3 is 0 Å². The number of phenolic OH excluding ortho intramolecular Hbond substituents is 1. The molecule has 2 aromatic heterocycles. The minimum absolute atomic E-state index is 0.0942. The van der Waals surface area contributed by atoms with E-state index in [9.17, 15) is 5.11 Å². The van der Waals surface area contributed by atoms with E-state index in [4.69, 9.17) is 9.15 Å². The van der Waals surface area contributed by atoms with Crippen molar-refractivity contribution in [1.82, 2.24) is 9.97 Å². The molecule has 7 nitrogen and oxygen atoms in total. The highest BCUT2D eigenvalue weighted by Crippen LogP contribution is 2.30. The summed E-state index contributed by atoms with van der Waals surface area (Å²) in [7, 11) is 0. The summed E-state index contributed by atoms with van der Waals surface area (Å²) in [6.07, 6.45) is 3.08. The van der Waals surface area contributed by atoms with Crippen LogP contribution >= 0.6 is 0 Å². The molecule has 7 heteroatoms. The molecule has 0 atom stereocenters. The first-order chi connectivity index (χ1) is 12.8. The molecule has 4 rings (SSSR count). The van der Waals surface area contributed by atoms with Crippen molar-refractivity contribution in [2.75, 3.05) is 12.0 Å². The Hall–Kier alpha value is -3.61. The first-order valence-corrected chi connectivity index (χ1v) is 8.13. The van der Waals surface area contributed by atoms with Crippen LogP contribution in [0.5, 0.6) is 11.5 Å². The predicted octanol–water partition coefficient (Wildman–Crippen LogP) is 3.93. The van der Waals surface area contributed by atoms with Crippen LogP contribution in [0.15, 0.2) is 58.3 Å². The second-order valence-electron chi connectivity index (χ2n) is 5.53. The van der Waals surface area contributed by atoms with E-state index in [1.54, 1.807) is 24.4 Å². The normalized spacial score (nSPS) is 11.4. The van der Waals surface area contributed by atoms with Crippen molar-refractivity contribution >= 4 is 34.1 Å². The molecule has 2 aromatic carbocycles. The quantitative estimate of drug-likeness (QED) is 0.419. The van der Waals surface area contributed by atoms with Crippen LogP contribution in [0.2, 0.25) is 0 Å². The third-order valence-electron chi connectivity index (χ3n) is 3.83. The van der Waals surface area contributed by atoms with Crippen LogP contribution in [0.1, 0.15) is 12.5 Å². The van der Waals surface area contributed by atoms with Crippen molar-refractivity contribution in [3.63, 3.8) is 0 Å². The molecule has 2 N–H and O–H groups in total. The van der Waals surface area contributed by atoms with Gasteiger partial charge in [-0.05, 0) is 42.8 Å². The molecule has 0 spiro atoms. The number of nitrogens with one attached hydrogen (secondary N) is 1. The predicted molar refractivity (Wildman–Crippen MR) is 99.8 cm³/mol. The third-order valence-corrected chi connectivity index (χ3v) is 3.83. The van der Waals surface area contributed by atoms with Gasteiger partial charge in [0, 0.05) is 5.39 Å². The zero-order valence-corrected chi connectivity index (χ0v) is 14.0. The Balaban J connectivity index is 1.62. The lowest BCUT2D eigenvalue weighted by molar-refractivity contribution is 0.318. The number of anilines is 1. The van der Waals surface area contributed by atoms with Crippen molar-refractivity contribution in [2.45, 2.75) is 6.92 Å². The van der Waals surface area contributed by atoms with Gasteiger partial charge in [-0.15, -0.1) is 0 Å². The maximum Gasteiger partial charge on any atom is 0.197 e. The minimum Gasteiger partial charge on any atom is -0.504 e. The fraction of sp³-hybridized carbons (Fsp3) is 0.105. The van der Waals surface area contributed by atoms with E-state index in [0.717, 1.165) is 22.0 Å². The van der Waals surface area contributed by atoms with Gasteiger partial charge in [0.1, 0.15) is 17.4 Å². The van der Waals surface area contributed by atoms with E-state index in [-0.39, 0.29) is 5.75 Å². The van der Waals surface area contributed by atoms with E-state index in [1.807, 2.05) is 31.2 Å². The number of furan rings is 1. The molecule has 0 amide bonds. The molecular weight excluding hydrogens is 332 g/mol. The second kappa shape index (κ2) is 6.72. The van der Waals surface area contributed by atoms with E-state index in [2.05, 4.69) is 20.5 Å². The lowest BCUT2D eigenvalue weighted by Gasteiger charge is -2.06. The van der Waals surface area contributed by atoms with Crippen molar-refractivity contribution in [1.29, 1.82) is 0 Å². The lowest BCUT2D eigenvalue weighted by Crippen LogP contribution is -1.96. The highest BCUT2D eigenvalue weighted by molar-refractivity contribution is 6.05. The number of aromatic nitrogens is 2. The molecular formula is C19H16N4O3. The smallest absolute Gasteiger partial charge is 0.197 e. The molecule has 0 unspecified atom stereocenters. The number of aromatic hydroxyl groups is 1. The van der Waals surface area contributed by atoms with Gasteiger partial charge in [-0.25, -0.2) is 9.97 Å². The van der Waals surface area contributed by atoms with Crippen molar-refractivity contribution in [3.8, 4) is 11.5 Å². The molecule has 0 bridgehead atoms. The Morgan fingerprint density at radius 2 is 2.12 bits per heavy atom. The van der Waals surface area contributed by atoms with Crippen LogP contribution in [0, 0.1) is 0 Å². The Bertz CT molecular complexity index is 1100. The number of nitrogens with zero attached hydrogens (tertiary/aromatic N) is 3. The van der Waals surface area contributed by atoms with Gasteiger partial charge in [0.15, 0.2) is 22.9 Å². The Labute approximate surface area is 149 Å². The fourth-order valence-electron chi connectivity index (χ4n) is 2.65. The molecule has 130 valence electrons. The van der Waals surface area contributed by atoms with Gasteiger partial charge in [0.2, 0.25) is 0 Å². The molecule has 0 saturated carbocycles. The summed E-state index contributed by atoms with van der Waals surface area (Å²) in [6.45, 7) is 2.33. The average molecular weight is 348 g/mol. The maximum absolute atomic E-state index is 9.74. The lowest BCUT2D eigenvalue weighted by atomic mass is 10.2. The van der Waals surface area contributed by atoms with Crippen LogP contribution in [-0.2, 0) is 0 Å². The Morgan fingerprint density at radius 3 is 3.00 bits per heavy atom. The molecule has 2 heterocycles. The summed E-state index contributed by atoms with van der Waals surface area (Å²) in [4.78, 5) is 8.50. The summed E-state index contributed by atoms with van der Waals surface area (Å²) >= 11 is 0. The topological polar surface area (TPSA) is 92.8 Å². The zero-order chi connectivity index (χ0) is 17.9. The van der Waals surface area contributed by atoms with E-state index < -0.39 is 0 Å². The van der Waals surface area contributed by atoms with Gasteiger partial charge in [-0.3, -0.25) is 5.43 Å². The van der Waals surface area contributed by atoms with E-state index >= 15 is 0 Å². The first-order valence-electron chi connectivity index (χ1n) is 8.13. The molecule has 26 heavy (non-hydrogen) atoms. The van der Waals surface area contributed by atoms with Crippen LogP contribution < -0.4 is 10.2 Å². The third kappa shape index (κ3) is 2.90. The highest BCUT2D eigenvalue weighted by Gasteiger charge is 2.12. The summed E-state index contributed by atoms with van der Waals surface area (Å²) in [5.74, 6) is 0.987. The number of benzene rings is 2. The average Bonchev–Trinajstić information content (AvgIpc) is 3.04. The monoisotopic (exact) mass is 348 g/mol. The Morgan fingerprint density at radius 1 is 1.23 bits per heavy atom. The summed E-state index contributed by atoms with van der Waals surface area (Å²) in [6, 6.07) is 12.7. The van der Waals surface area contributed by atoms with Crippen LogP contribution in [0.25, 0.3) is 22.1 Å². The van der Waals surface area contributed by atoms with Crippen molar-refractivity contribution < 1.29 is 14.3 Å². The number of hydrogen-bond donors (Lipinski definition) is 2. The standard InChI is InChI=1S/C19H16N4O3/c1-2-25-16-9-12(7-8-14(16)24)10-22-23-19-18-17(20-11-21-19)13-5-3-4-6-15(13)26-18/h3-11,24H,2H2,1H3,(H,20,21,23)/b22-10+. The summed E-state index contributed by atoms with van der Waals surface area (Å²) in [5.41, 5.74) is 5.68. The second-order valence-corrected chi connectivity index (χ2v) is 5.53. The van der Waals surface area contributed by atoms with Crippen LogP contribution in [0.3, 0.4) is 0 Å². The number of phenols is 1. The fourth-order valence-corrected chi connectivity index (χ4v) is 2.65. The minimum atomic E-state index is 0.0942. The van der Waals surface area contributed by atoms with Gasteiger partial charge < -0.3 is 14.3 Å². The zero-order valence-electron chi connectivity index (χ0n) is 14.0. The van der Waals surface area contributed by atoms with Crippen molar-refractivity contribution in [3.05, 3.63) is 54.4 Å². The molecule has 0 aliphatic heterocycles. The molecule has 0 radical (unpaired) electrons. The largest absolute Gasteiger partial charge is 0.504 e. The number of fused-ring (bicyclic) bond motifs is 3. The SMILES string of the molecule is CCOc1cc(/C=N/Nc2ncnc3c2oc2ccccc23)ccc1O. The highest BCUT2D eigenvalue weighted by atomic mass is 16.5. The van der Waals surface area contributed by atoms with Gasteiger partial charge in [-0.1, -0.05) is 12.1 Å². The van der Waals surface area contributed by atoms with Crippen LogP contribution in [0.4, 0.5) is 5.82 Å². The van der Waals surface area contributed by atoms with Gasteiger partial charge in [0.05, 0.1) is 12.8 Å². The number of hydrazone groups is 1. The molecule has 0 aliphatic carbocycles. The summed E-state index contributed by atoms with van der Waals surface area (Å²) in [5, 5.41) is 14.9. The van der Waals surface area contributed by atoms with Gasteiger partial charge in [0.25, 0.3) is 0 Å². The maximum atomic E-state index is 9.74. The number of hydrogen-bond acceptors (Lipinski definition) is 7. The van der Waals surface area contributed by atoms with E-state index in [0.29, 0.717) is 23.8 Å².